The van der Waals surface area contributed by atoms with Gasteiger partial charge in [-0.25, -0.2) is 4.79 Å². The van der Waals surface area contributed by atoms with Gasteiger partial charge in [0.05, 0.1) is 7.11 Å². The molecule has 1 heterocycles. The maximum atomic E-state index is 12.0. The lowest BCUT2D eigenvalue weighted by Gasteiger charge is -2.29. The molecule has 5 nitrogen and oxygen atoms in total. The summed E-state index contributed by atoms with van der Waals surface area (Å²) in [4.78, 5) is 23.8. The molecule has 0 fully saturated rings. The molecule has 1 N–H and O–H groups in total. The second-order valence-corrected chi connectivity index (χ2v) is 6.79. The SMILES string of the molecule is COC(=O)C(NCc1cc(=O)oc2cc(C)ccc12)C(C)(C)C. The Morgan fingerprint density at radius 1 is 1.30 bits per heavy atom. The van der Waals surface area contributed by atoms with Crippen LogP contribution < -0.4 is 10.9 Å². The Morgan fingerprint density at radius 2 is 2.00 bits per heavy atom. The Balaban J connectivity index is 2.34. The molecule has 0 saturated carbocycles. The van der Waals surface area contributed by atoms with Gasteiger partial charge in [-0.2, -0.15) is 0 Å². The maximum absolute atomic E-state index is 12.0. The van der Waals surface area contributed by atoms with E-state index in [2.05, 4.69) is 5.32 Å². The molecular weight excluding hydrogens is 294 g/mol. The minimum atomic E-state index is -0.472. The molecule has 5 heteroatoms. The van der Waals surface area contributed by atoms with E-state index in [0.717, 1.165) is 16.5 Å². The second-order valence-electron chi connectivity index (χ2n) is 6.79. The summed E-state index contributed by atoms with van der Waals surface area (Å²) in [6.45, 7) is 8.20. The molecule has 0 bridgehead atoms. The summed E-state index contributed by atoms with van der Waals surface area (Å²) in [5.41, 5.74) is 1.67. The van der Waals surface area contributed by atoms with Crippen LogP contribution in [0.25, 0.3) is 11.0 Å². The highest BCUT2D eigenvalue weighted by atomic mass is 16.5. The number of aryl methyl sites for hydroxylation is 1. The van der Waals surface area contributed by atoms with Gasteiger partial charge in [-0.15, -0.1) is 0 Å². The molecule has 0 amide bonds. The van der Waals surface area contributed by atoms with Crippen LogP contribution >= 0.6 is 0 Å². The van der Waals surface area contributed by atoms with E-state index in [1.807, 2.05) is 45.9 Å². The first-order chi connectivity index (χ1) is 10.7. The first-order valence-corrected chi connectivity index (χ1v) is 7.57. The predicted octanol–water partition coefficient (Wildman–Crippen LogP) is 2.78. The molecule has 0 aliphatic carbocycles. The van der Waals surface area contributed by atoms with E-state index in [1.165, 1.54) is 13.2 Å². The van der Waals surface area contributed by atoms with Crippen LogP contribution in [0.3, 0.4) is 0 Å². The predicted molar refractivity (Wildman–Crippen MR) is 89.3 cm³/mol. The van der Waals surface area contributed by atoms with Gasteiger partial charge < -0.3 is 9.15 Å². The Bertz CT molecular complexity index is 771. The first kappa shape index (κ1) is 17.2. The Morgan fingerprint density at radius 3 is 2.61 bits per heavy atom. The third kappa shape index (κ3) is 3.99. The minimum Gasteiger partial charge on any atom is -0.468 e. The number of benzene rings is 1. The third-order valence-corrected chi connectivity index (χ3v) is 3.79. The van der Waals surface area contributed by atoms with Gasteiger partial charge in [0, 0.05) is 18.0 Å². The summed E-state index contributed by atoms with van der Waals surface area (Å²) >= 11 is 0. The molecule has 2 aromatic rings. The van der Waals surface area contributed by atoms with E-state index in [1.54, 1.807) is 0 Å². The van der Waals surface area contributed by atoms with E-state index in [4.69, 9.17) is 9.15 Å². The summed E-state index contributed by atoms with van der Waals surface area (Å²) in [6, 6.07) is 6.71. The summed E-state index contributed by atoms with van der Waals surface area (Å²) in [7, 11) is 1.37. The van der Waals surface area contributed by atoms with Gasteiger partial charge in [0.1, 0.15) is 11.6 Å². The normalized spacial score (nSPS) is 13.1. The highest BCUT2D eigenvalue weighted by molar-refractivity contribution is 5.81. The van der Waals surface area contributed by atoms with Gasteiger partial charge in [0.25, 0.3) is 0 Å². The zero-order chi connectivity index (χ0) is 17.2. The van der Waals surface area contributed by atoms with Gasteiger partial charge >= 0.3 is 11.6 Å². The smallest absolute Gasteiger partial charge is 0.336 e. The molecule has 0 spiro atoms. The van der Waals surface area contributed by atoms with Crippen LogP contribution in [0.5, 0.6) is 0 Å². The molecule has 23 heavy (non-hydrogen) atoms. The van der Waals surface area contributed by atoms with Crippen LogP contribution in [0.2, 0.25) is 0 Å². The van der Waals surface area contributed by atoms with Crippen LogP contribution in [0.4, 0.5) is 0 Å². The largest absolute Gasteiger partial charge is 0.468 e. The molecule has 1 aromatic heterocycles. The monoisotopic (exact) mass is 317 g/mol. The zero-order valence-corrected chi connectivity index (χ0v) is 14.2. The zero-order valence-electron chi connectivity index (χ0n) is 14.2. The van der Waals surface area contributed by atoms with Crippen LogP contribution in [0.15, 0.2) is 33.5 Å². The molecule has 0 saturated heterocycles. The lowest BCUT2D eigenvalue weighted by atomic mass is 9.86. The summed E-state index contributed by atoms with van der Waals surface area (Å²) < 4.78 is 10.1. The van der Waals surface area contributed by atoms with Crippen molar-refractivity contribution in [1.82, 2.24) is 5.32 Å². The molecule has 1 atom stereocenters. The molecule has 124 valence electrons. The van der Waals surface area contributed by atoms with Crippen molar-refractivity contribution in [3.8, 4) is 0 Å². The van der Waals surface area contributed by atoms with Gasteiger partial charge in [0.2, 0.25) is 0 Å². The number of esters is 1. The number of carbonyl (C=O) groups is 1. The summed E-state index contributed by atoms with van der Waals surface area (Å²) in [5, 5.41) is 4.07. The van der Waals surface area contributed by atoms with Crippen molar-refractivity contribution < 1.29 is 13.9 Å². The van der Waals surface area contributed by atoms with Crippen LogP contribution in [-0.4, -0.2) is 19.1 Å². The van der Waals surface area contributed by atoms with Crippen molar-refractivity contribution in [3.05, 3.63) is 45.8 Å². The molecule has 1 aromatic carbocycles. The van der Waals surface area contributed by atoms with Crippen LogP contribution in [0.1, 0.15) is 31.9 Å². The van der Waals surface area contributed by atoms with Crippen molar-refractivity contribution in [2.24, 2.45) is 5.41 Å². The van der Waals surface area contributed by atoms with Crippen molar-refractivity contribution >= 4 is 16.9 Å². The first-order valence-electron chi connectivity index (χ1n) is 7.57. The number of nitrogens with one attached hydrogen (secondary N) is 1. The van der Waals surface area contributed by atoms with Crippen molar-refractivity contribution in [2.45, 2.75) is 40.3 Å². The lowest BCUT2D eigenvalue weighted by Crippen LogP contribution is -2.46. The average molecular weight is 317 g/mol. The van der Waals surface area contributed by atoms with Gasteiger partial charge in [-0.1, -0.05) is 32.9 Å². The quantitative estimate of drug-likeness (QED) is 0.693. The van der Waals surface area contributed by atoms with Crippen LogP contribution in [0, 0.1) is 12.3 Å². The lowest BCUT2D eigenvalue weighted by molar-refractivity contribution is -0.146. The fourth-order valence-electron chi connectivity index (χ4n) is 2.56. The van der Waals surface area contributed by atoms with Crippen molar-refractivity contribution in [1.29, 1.82) is 0 Å². The Hall–Kier alpha value is -2.14. The van der Waals surface area contributed by atoms with E-state index < -0.39 is 11.7 Å². The number of hydrogen-bond acceptors (Lipinski definition) is 5. The summed E-state index contributed by atoms with van der Waals surface area (Å²) in [5.74, 6) is -0.319. The number of methoxy groups -OCH3 is 1. The fourth-order valence-corrected chi connectivity index (χ4v) is 2.56. The summed E-state index contributed by atoms with van der Waals surface area (Å²) in [6.07, 6.45) is 0. The highest BCUT2D eigenvalue weighted by Gasteiger charge is 2.31. The van der Waals surface area contributed by atoms with E-state index >= 15 is 0 Å². The molecule has 1 unspecified atom stereocenters. The standard InChI is InChI=1S/C18H23NO4/c1-11-6-7-13-12(9-15(20)23-14(13)8-11)10-19-16(17(21)22-5)18(2,3)4/h6-9,16,19H,10H2,1-5H3. The highest BCUT2D eigenvalue weighted by Crippen LogP contribution is 2.22. The maximum Gasteiger partial charge on any atom is 0.336 e. The average Bonchev–Trinajstić information content (AvgIpc) is 2.44. The molecule has 0 radical (unpaired) electrons. The second kappa shape index (κ2) is 6.54. The topological polar surface area (TPSA) is 68.5 Å². The molecule has 2 rings (SSSR count). The Labute approximate surface area is 135 Å². The molecule has 0 aliphatic heterocycles. The van der Waals surface area contributed by atoms with Gasteiger partial charge in [-0.3, -0.25) is 10.1 Å². The number of ether oxygens (including phenoxy) is 1. The van der Waals surface area contributed by atoms with Gasteiger partial charge in [-0.05, 0) is 29.5 Å². The van der Waals surface area contributed by atoms with E-state index in [0.29, 0.717) is 12.1 Å². The van der Waals surface area contributed by atoms with Crippen LogP contribution in [-0.2, 0) is 16.1 Å². The third-order valence-electron chi connectivity index (χ3n) is 3.79. The molecular formula is C18H23NO4. The van der Waals surface area contributed by atoms with Crippen molar-refractivity contribution in [3.63, 3.8) is 0 Å². The number of hydrogen-bond donors (Lipinski definition) is 1. The number of carbonyl (C=O) groups excluding carboxylic acids is 1. The number of rotatable bonds is 4. The van der Waals surface area contributed by atoms with Crippen molar-refractivity contribution in [2.75, 3.05) is 7.11 Å². The van der Waals surface area contributed by atoms with E-state index in [-0.39, 0.29) is 11.4 Å². The van der Waals surface area contributed by atoms with Gasteiger partial charge in [0.15, 0.2) is 0 Å². The Kier molecular flexibility index (Phi) is 4.90. The number of fused-ring (bicyclic) bond motifs is 1. The van der Waals surface area contributed by atoms with E-state index in [9.17, 15) is 9.59 Å². The minimum absolute atomic E-state index is 0.307. The fraction of sp³-hybridized carbons (Fsp3) is 0.444. The molecule has 0 aliphatic rings.